The Morgan fingerprint density at radius 2 is 2.17 bits per heavy atom. The lowest BCUT2D eigenvalue weighted by molar-refractivity contribution is -0.115. The Hall–Kier alpha value is -1.47. The smallest absolute Gasteiger partial charge is 0.239 e. The van der Waals surface area contributed by atoms with Gasteiger partial charge >= 0.3 is 0 Å². The summed E-state index contributed by atoms with van der Waals surface area (Å²) in [7, 11) is 0. The summed E-state index contributed by atoms with van der Waals surface area (Å²) in [5.41, 5.74) is 0. The zero-order valence-corrected chi connectivity index (χ0v) is 11.4. The summed E-state index contributed by atoms with van der Waals surface area (Å²) in [6.07, 6.45) is 5.70. The third-order valence-electron chi connectivity index (χ3n) is 2.12. The molecule has 0 aliphatic heterocycles. The first-order chi connectivity index (χ1) is 8.79. The molecule has 0 aromatic carbocycles. The molecule has 5 nitrogen and oxygen atoms in total. The van der Waals surface area contributed by atoms with E-state index in [0.29, 0.717) is 16.7 Å². The number of nitrogens with one attached hydrogen (secondary N) is 1. The van der Waals surface area contributed by atoms with E-state index in [9.17, 15) is 4.79 Å². The molecule has 1 atom stereocenters. The average Bonchev–Trinajstić information content (AvgIpc) is 2.90. The number of carbonyl (C=O) groups excluding carboxylic acids is 1. The molecule has 1 amide bonds. The van der Waals surface area contributed by atoms with Crippen molar-refractivity contribution in [2.24, 2.45) is 0 Å². The van der Waals surface area contributed by atoms with E-state index >= 15 is 0 Å². The number of aromatic nitrogens is 3. The summed E-state index contributed by atoms with van der Waals surface area (Å²) in [5, 5.41) is 5.63. The molecule has 0 saturated carbocycles. The van der Waals surface area contributed by atoms with Crippen molar-refractivity contribution in [2.75, 3.05) is 5.32 Å². The van der Waals surface area contributed by atoms with Crippen LogP contribution in [0.5, 0.6) is 0 Å². The Morgan fingerprint density at radius 1 is 1.39 bits per heavy atom. The number of anilines is 1. The molecule has 2 aromatic rings. The number of thiazole rings is 1. The van der Waals surface area contributed by atoms with E-state index in [1.165, 1.54) is 23.1 Å². The van der Waals surface area contributed by atoms with E-state index in [2.05, 4.69) is 20.3 Å². The monoisotopic (exact) mass is 280 g/mol. The van der Waals surface area contributed by atoms with Crippen LogP contribution in [-0.2, 0) is 4.79 Å². The van der Waals surface area contributed by atoms with Gasteiger partial charge in [0.25, 0.3) is 0 Å². The summed E-state index contributed by atoms with van der Waals surface area (Å²) in [6.45, 7) is 1.96. The third-order valence-corrected chi connectivity index (χ3v) is 4.06. The first kappa shape index (κ1) is 13.0. The van der Waals surface area contributed by atoms with Gasteiger partial charge in [0.15, 0.2) is 10.3 Å². The number of thioether (sulfide) groups is 1. The minimum absolute atomic E-state index is 0.0649. The Balaban J connectivity index is 1.98. The Morgan fingerprint density at radius 3 is 2.78 bits per heavy atom. The van der Waals surface area contributed by atoms with Crippen molar-refractivity contribution in [1.82, 2.24) is 15.0 Å². The van der Waals surface area contributed by atoms with Crippen molar-refractivity contribution in [3.05, 3.63) is 30.0 Å². The lowest BCUT2D eigenvalue weighted by Gasteiger charge is -2.11. The van der Waals surface area contributed by atoms with E-state index in [4.69, 9.17) is 0 Å². The lowest BCUT2D eigenvalue weighted by atomic mass is 10.3. The normalized spacial score (nSPS) is 12.1. The number of amides is 1. The fraction of sp³-hybridized carbons (Fsp3) is 0.273. The van der Waals surface area contributed by atoms with Crippen LogP contribution in [0, 0.1) is 0 Å². The number of nitrogens with zero attached hydrogens (tertiary/aromatic N) is 3. The predicted octanol–water partition coefficient (Wildman–Crippen LogP) is 2.44. The third kappa shape index (κ3) is 3.51. The topological polar surface area (TPSA) is 67.8 Å². The molecule has 0 aliphatic rings. The van der Waals surface area contributed by atoms with E-state index in [1.54, 1.807) is 24.7 Å². The predicted molar refractivity (Wildman–Crippen MR) is 72.7 cm³/mol. The van der Waals surface area contributed by atoms with Crippen LogP contribution in [0.4, 0.5) is 5.13 Å². The quantitative estimate of drug-likeness (QED) is 0.673. The maximum absolute atomic E-state index is 12.0. The van der Waals surface area contributed by atoms with E-state index in [1.807, 2.05) is 12.3 Å². The highest BCUT2D eigenvalue weighted by molar-refractivity contribution is 8.00. The van der Waals surface area contributed by atoms with Crippen LogP contribution >= 0.6 is 23.1 Å². The summed E-state index contributed by atoms with van der Waals surface area (Å²) in [6, 6.07) is 1.75. The van der Waals surface area contributed by atoms with Gasteiger partial charge < -0.3 is 5.32 Å². The summed E-state index contributed by atoms with van der Waals surface area (Å²) in [5.74, 6) is -0.0649. The average molecular weight is 280 g/mol. The molecule has 2 aromatic heterocycles. The summed E-state index contributed by atoms with van der Waals surface area (Å²) < 4.78 is 0. The van der Waals surface area contributed by atoms with Crippen LogP contribution in [0.1, 0.15) is 13.3 Å². The molecule has 0 unspecified atom stereocenters. The number of carbonyl (C=O) groups is 1. The SMILES string of the molecule is CC[C@H](Sc1ncccn1)C(=O)Nc1nccs1. The molecule has 0 bridgehead atoms. The maximum atomic E-state index is 12.0. The highest BCUT2D eigenvalue weighted by Crippen LogP contribution is 2.23. The van der Waals surface area contributed by atoms with Crippen LogP contribution in [0.15, 0.2) is 35.2 Å². The van der Waals surface area contributed by atoms with Crippen LogP contribution in [0.25, 0.3) is 0 Å². The second kappa shape index (κ2) is 6.46. The fourth-order valence-corrected chi connectivity index (χ4v) is 2.63. The van der Waals surface area contributed by atoms with E-state index in [-0.39, 0.29) is 11.2 Å². The molecule has 94 valence electrons. The molecule has 0 fully saturated rings. The zero-order chi connectivity index (χ0) is 12.8. The minimum Gasteiger partial charge on any atom is -0.301 e. The van der Waals surface area contributed by atoms with Crippen molar-refractivity contribution in [1.29, 1.82) is 0 Å². The highest BCUT2D eigenvalue weighted by atomic mass is 32.2. The van der Waals surface area contributed by atoms with Crippen molar-refractivity contribution in [2.45, 2.75) is 23.8 Å². The number of hydrogen-bond donors (Lipinski definition) is 1. The number of rotatable bonds is 5. The molecule has 7 heteroatoms. The summed E-state index contributed by atoms with van der Waals surface area (Å²) in [4.78, 5) is 24.3. The maximum Gasteiger partial charge on any atom is 0.239 e. The van der Waals surface area contributed by atoms with Crippen molar-refractivity contribution in [3.8, 4) is 0 Å². The van der Waals surface area contributed by atoms with Crippen molar-refractivity contribution >= 4 is 34.1 Å². The van der Waals surface area contributed by atoms with Gasteiger partial charge in [0.2, 0.25) is 5.91 Å². The molecule has 0 saturated heterocycles. The lowest BCUT2D eigenvalue weighted by Crippen LogP contribution is -2.24. The van der Waals surface area contributed by atoms with Gasteiger partial charge in [-0.2, -0.15) is 0 Å². The molecule has 0 radical (unpaired) electrons. The van der Waals surface area contributed by atoms with E-state index in [0.717, 1.165) is 0 Å². The molecule has 0 aliphatic carbocycles. The van der Waals surface area contributed by atoms with Gasteiger partial charge in [-0.25, -0.2) is 15.0 Å². The molecule has 0 spiro atoms. The second-order valence-corrected chi connectivity index (χ2v) is 5.44. The summed E-state index contributed by atoms with van der Waals surface area (Å²) >= 11 is 2.76. The van der Waals surface area contributed by atoms with Gasteiger partial charge in [-0.1, -0.05) is 18.7 Å². The zero-order valence-electron chi connectivity index (χ0n) is 9.74. The molecule has 1 N–H and O–H groups in total. The Kier molecular flexibility index (Phi) is 4.66. The van der Waals surface area contributed by atoms with Gasteiger partial charge in [-0.15, -0.1) is 11.3 Å². The molecule has 2 rings (SSSR count). The van der Waals surface area contributed by atoms with Crippen LogP contribution in [0.2, 0.25) is 0 Å². The Bertz CT molecular complexity index is 489. The largest absolute Gasteiger partial charge is 0.301 e. The van der Waals surface area contributed by atoms with Crippen LogP contribution in [-0.4, -0.2) is 26.1 Å². The van der Waals surface area contributed by atoms with Gasteiger partial charge in [-0.3, -0.25) is 4.79 Å². The van der Waals surface area contributed by atoms with Crippen molar-refractivity contribution < 1.29 is 4.79 Å². The van der Waals surface area contributed by atoms with Gasteiger partial charge in [0.05, 0.1) is 5.25 Å². The van der Waals surface area contributed by atoms with Gasteiger partial charge in [-0.05, 0) is 12.5 Å². The highest BCUT2D eigenvalue weighted by Gasteiger charge is 2.19. The fourth-order valence-electron chi connectivity index (χ4n) is 1.27. The van der Waals surface area contributed by atoms with Crippen molar-refractivity contribution in [3.63, 3.8) is 0 Å². The van der Waals surface area contributed by atoms with Gasteiger partial charge in [0, 0.05) is 24.0 Å². The standard InChI is InChI=1S/C11H12N4OS2/c1-2-8(18-10-12-4-3-5-13-10)9(16)15-11-14-6-7-17-11/h3-8H,2H2,1H3,(H,14,15,16)/t8-/m0/s1. The molecular formula is C11H12N4OS2. The minimum atomic E-state index is -0.212. The van der Waals surface area contributed by atoms with Crippen LogP contribution in [0.3, 0.4) is 0 Å². The van der Waals surface area contributed by atoms with E-state index < -0.39 is 0 Å². The second-order valence-electron chi connectivity index (χ2n) is 3.37. The molecule has 18 heavy (non-hydrogen) atoms. The molecular weight excluding hydrogens is 268 g/mol. The van der Waals surface area contributed by atoms with Gasteiger partial charge in [0.1, 0.15) is 0 Å². The Labute approximate surface area is 113 Å². The van der Waals surface area contributed by atoms with Crippen LogP contribution < -0.4 is 5.32 Å². The first-order valence-electron chi connectivity index (χ1n) is 5.43. The first-order valence-corrected chi connectivity index (χ1v) is 7.19. The number of hydrogen-bond acceptors (Lipinski definition) is 6. The molecule has 2 heterocycles.